The van der Waals surface area contributed by atoms with Crippen molar-refractivity contribution in [3.8, 4) is 11.4 Å². The highest BCUT2D eigenvalue weighted by atomic mass is 35.5. The third kappa shape index (κ3) is 3.01. The van der Waals surface area contributed by atoms with Crippen molar-refractivity contribution in [3.63, 3.8) is 0 Å². The Labute approximate surface area is 117 Å². The summed E-state index contributed by atoms with van der Waals surface area (Å²) < 4.78 is 0. The molecule has 18 heavy (non-hydrogen) atoms. The van der Waals surface area contributed by atoms with Crippen LogP contribution in [0, 0.1) is 5.92 Å². The molecule has 1 aromatic carbocycles. The third-order valence-corrected chi connectivity index (χ3v) is 3.18. The highest BCUT2D eigenvalue weighted by molar-refractivity contribution is 6.34. The Hall–Kier alpha value is -1.12. The van der Waals surface area contributed by atoms with Gasteiger partial charge in [-0.1, -0.05) is 67.4 Å². The number of aromatic nitrogens is 2. The van der Waals surface area contributed by atoms with Crippen LogP contribution in [0.15, 0.2) is 30.3 Å². The molecule has 0 radical (unpaired) electrons. The van der Waals surface area contributed by atoms with Crippen LogP contribution in [0.1, 0.15) is 19.4 Å². The molecule has 0 amide bonds. The summed E-state index contributed by atoms with van der Waals surface area (Å²) in [5, 5.41) is 0.894. The van der Waals surface area contributed by atoms with Crippen molar-refractivity contribution in [1.29, 1.82) is 0 Å². The van der Waals surface area contributed by atoms with E-state index >= 15 is 0 Å². The zero-order chi connectivity index (χ0) is 13.1. The minimum Gasteiger partial charge on any atom is -0.216 e. The van der Waals surface area contributed by atoms with Crippen molar-refractivity contribution in [2.24, 2.45) is 5.92 Å². The number of hydrogen-bond acceptors (Lipinski definition) is 2. The molecule has 2 rings (SSSR count). The number of nitrogens with zero attached hydrogens (tertiary/aromatic N) is 2. The fraction of sp³-hybridized carbons (Fsp3) is 0.286. The van der Waals surface area contributed by atoms with Crippen LogP contribution < -0.4 is 0 Å². The van der Waals surface area contributed by atoms with Crippen LogP contribution in [0.3, 0.4) is 0 Å². The molecule has 0 aliphatic rings. The topological polar surface area (TPSA) is 25.8 Å². The Kier molecular flexibility index (Phi) is 4.20. The van der Waals surface area contributed by atoms with Crippen LogP contribution in [-0.4, -0.2) is 9.97 Å². The van der Waals surface area contributed by atoms with E-state index in [1.54, 1.807) is 0 Å². The Morgan fingerprint density at radius 1 is 1.00 bits per heavy atom. The molecule has 0 saturated heterocycles. The molecule has 1 aromatic heterocycles. The second kappa shape index (κ2) is 5.68. The molecule has 0 atom stereocenters. The predicted molar refractivity (Wildman–Crippen MR) is 76.0 cm³/mol. The van der Waals surface area contributed by atoms with E-state index in [2.05, 4.69) is 23.8 Å². The van der Waals surface area contributed by atoms with Crippen LogP contribution >= 0.6 is 23.2 Å². The zero-order valence-corrected chi connectivity index (χ0v) is 11.8. The van der Waals surface area contributed by atoms with E-state index in [4.69, 9.17) is 23.2 Å². The van der Waals surface area contributed by atoms with Gasteiger partial charge in [-0.2, -0.15) is 0 Å². The molecule has 0 fully saturated rings. The van der Waals surface area contributed by atoms with Crippen molar-refractivity contribution in [3.05, 3.63) is 46.2 Å². The van der Waals surface area contributed by atoms with Gasteiger partial charge in [0, 0.05) is 11.1 Å². The van der Waals surface area contributed by atoms with Crippen molar-refractivity contribution in [1.82, 2.24) is 9.97 Å². The molecule has 0 N–H and O–H groups in total. The molecule has 4 heteroatoms. The first-order chi connectivity index (χ1) is 8.58. The van der Waals surface area contributed by atoms with Crippen molar-refractivity contribution < 1.29 is 0 Å². The van der Waals surface area contributed by atoms with E-state index in [1.807, 2.05) is 30.3 Å². The molecular weight excluding hydrogens is 267 g/mol. The summed E-state index contributed by atoms with van der Waals surface area (Å²) in [5.41, 5.74) is 1.74. The normalized spacial score (nSPS) is 10.9. The average Bonchev–Trinajstić information content (AvgIpc) is 2.34. The Morgan fingerprint density at radius 3 is 2.06 bits per heavy atom. The van der Waals surface area contributed by atoms with Gasteiger partial charge in [-0.15, -0.1) is 0 Å². The average molecular weight is 281 g/mol. The number of rotatable bonds is 3. The van der Waals surface area contributed by atoms with Crippen molar-refractivity contribution >= 4 is 23.2 Å². The fourth-order valence-electron chi connectivity index (χ4n) is 1.72. The van der Waals surface area contributed by atoms with Gasteiger partial charge in [0.15, 0.2) is 5.82 Å². The number of halogens is 2. The van der Waals surface area contributed by atoms with Crippen LogP contribution in [0.2, 0.25) is 10.3 Å². The molecule has 0 unspecified atom stereocenters. The molecular formula is C14H14Cl2N2. The highest BCUT2D eigenvalue weighted by Gasteiger charge is 2.13. The summed E-state index contributed by atoms with van der Waals surface area (Å²) in [5.74, 6) is 1.03. The molecule has 2 aromatic rings. The highest BCUT2D eigenvalue weighted by Crippen LogP contribution is 2.27. The van der Waals surface area contributed by atoms with Gasteiger partial charge < -0.3 is 0 Å². The summed E-state index contributed by atoms with van der Waals surface area (Å²) in [6.07, 6.45) is 0.784. The van der Waals surface area contributed by atoms with Gasteiger partial charge in [-0.25, -0.2) is 9.97 Å². The van der Waals surface area contributed by atoms with Gasteiger partial charge in [-0.3, -0.25) is 0 Å². The third-order valence-electron chi connectivity index (χ3n) is 2.55. The van der Waals surface area contributed by atoms with Crippen LogP contribution in [0.25, 0.3) is 11.4 Å². The van der Waals surface area contributed by atoms with Gasteiger partial charge in [-0.05, 0) is 12.3 Å². The summed E-state index contributed by atoms with van der Waals surface area (Å²) >= 11 is 12.4. The second-order valence-corrected chi connectivity index (χ2v) is 5.29. The van der Waals surface area contributed by atoms with E-state index in [1.165, 1.54) is 0 Å². The van der Waals surface area contributed by atoms with Crippen LogP contribution in [-0.2, 0) is 6.42 Å². The Bertz CT molecular complexity index is 516. The first-order valence-corrected chi connectivity index (χ1v) is 6.61. The van der Waals surface area contributed by atoms with E-state index in [0.717, 1.165) is 17.5 Å². The lowest BCUT2D eigenvalue weighted by Gasteiger charge is -2.10. The van der Waals surface area contributed by atoms with Gasteiger partial charge in [0.1, 0.15) is 10.3 Å². The maximum Gasteiger partial charge on any atom is 0.162 e. The molecule has 1 heterocycles. The Morgan fingerprint density at radius 2 is 1.56 bits per heavy atom. The molecule has 0 aliphatic heterocycles. The molecule has 94 valence electrons. The summed E-state index contributed by atoms with van der Waals surface area (Å²) in [4.78, 5) is 8.65. The Balaban J connectivity index is 2.43. The summed E-state index contributed by atoms with van der Waals surface area (Å²) in [7, 11) is 0. The predicted octanol–water partition coefficient (Wildman–Crippen LogP) is 4.65. The lowest BCUT2D eigenvalue weighted by molar-refractivity contribution is 0.644. The van der Waals surface area contributed by atoms with Gasteiger partial charge in [0.25, 0.3) is 0 Å². The quantitative estimate of drug-likeness (QED) is 0.765. The number of hydrogen-bond donors (Lipinski definition) is 0. The summed E-state index contributed by atoms with van der Waals surface area (Å²) in [6.45, 7) is 4.22. The van der Waals surface area contributed by atoms with Crippen LogP contribution in [0.4, 0.5) is 0 Å². The summed E-state index contributed by atoms with van der Waals surface area (Å²) in [6, 6.07) is 9.68. The van der Waals surface area contributed by atoms with E-state index in [-0.39, 0.29) is 0 Å². The zero-order valence-electron chi connectivity index (χ0n) is 10.3. The first-order valence-electron chi connectivity index (χ1n) is 5.85. The van der Waals surface area contributed by atoms with Gasteiger partial charge in [0.05, 0.1) is 0 Å². The minimum absolute atomic E-state index is 0.447. The maximum absolute atomic E-state index is 6.19. The minimum atomic E-state index is 0.447. The van der Waals surface area contributed by atoms with Crippen LogP contribution in [0.5, 0.6) is 0 Å². The van der Waals surface area contributed by atoms with Crippen molar-refractivity contribution in [2.45, 2.75) is 20.3 Å². The molecule has 2 nitrogen and oxygen atoms in total. The van der Waals surface area contributed by atoms with E-state index < -0.39 is 0 Å². The monoisotopic (exact) mass is 280 g/mol. The first kappa shape index (κ1) is 13.3. The number of benzene rings is 1. The molecule has 0 saturated carbocycles. The fourth-order valence-corrected chi connectivity index (χ4v) is 2.27. The van der Waals surface area contributed by atoms with Gasteiger partial charge in [0.2, 0.25) is 0 Å². The van der Waals surface area contributed by atoms with E-state index in [9.17, 15) is 0 Å². The molecule has 0 spiro atoms. The maximum atomic E-state index is 6.19. The van der Waals surface area contributed by atoms with Crippen molar-refractivity contribution in [2.75, 3.05) is 0 Å². The largest absolute Gasteiger partial charge is 0.216 e. The second-order valence-electron chi connectivity index (χ2n) is 4.57. The van der Waals surface area contributed by atoms with E-state index in [0.29, 0.717) is 22.0 Å². The smallest absolute Gasteiger partial charge is 0.162 e. The SMILES string of the molecule is CC(C)Cc1c(Cl)nc(-c2ccccc2)nc1Cl. The van der Waals surface area contributed by atoms with Gasteiger partial charge >= 0.3 is 0 Å². The molecule has 0 bridgehead atoms. The molecule has 0 aliphatic carbocycles. The lowest BCUT2D eigenvalue weighted by atomic mass is 10.1. The lowest BCUT2D eigenvalue weighted by Crippen LogP contribution is -2.01. The standard InChI is InChI=1S/C14H14Cl2N2/c1-9(2)8-11-12(15)17-14(18-13(11)16)10-6-4-3-5-7-10/h3-7,9H,8H2,1-2H3.